The van der Waals surface area contributed by atoms with Crippen molar-refractivity contribution in [2.24, 2.45) is 11.8 Å². The molecule has 1 aliphatic rings. The van der Waals surface area contributed by atoms with Crippen molar-refractivity contribution < 1.29 is 71.5 Å². The molecule has 1 aromatic rings. The molecule has 300 valence electrons. The van der Waals surface area contributed by atoms with Crippen LogP contribution in [0.5, 0.6) is 11.5 Å². The number of cyclic esters (lactones) is 1. The lowest BCUT2D eigenvalue weighted by Gasteiger charge is -2.19. The number of rotatable bonds is 23. The molecule has 2 unspecified atom stereocenters. The molecule has 0 radical (unpaired) electrons. The van der Waals surface area contributed by atoms with Crippen LogP contribution < -0.4 is 9.47 Å². The normalized spacial score (nSPS) is 13.3. The largest absolute Gasteiger partial charge is 0.496 e. The van der Waals surface area contributed by atoms with Crippen LogP contribution in [0.15, 0.2) is 11.6 Å². The molecular formula is C39H54O15. The minimum Gasteiger partial charge on any atom is -0.496 e. The second-order valence-electron chi connectivity index (χ2n) is 13.3. The van der Waals surface area contributed by atoms with Crippen molar-refractivity contribution in [1.82, 2.24) is 0 Å². The fourth-order valence-electron chi connectivity index (χ4n) is 5.56. The summed E-state index contributed by atoms with van der Waals surface area (Å²) in [5.74, 6) is -3.60. The Morgan fingerprint density at radius 3 is 2.09 bits per heavy atom. The number of hydrogen-bond acceptors (Lipinski definition) is 15. The highest BCUT2D eigenvalue weighted by Gasteiger charge is 2.34. The molecule has 2 rings (SSSR count). The standard InChI is InChI=1S/C39H54O15/c1-23(14-17-32(42)47-7)13-16-30-36(48-8)26(4)31-22-52-39(46)35(31)37(30)54-33(43)11-9-10-18-49-38(45)25(3)15-12-24(2)19-34(44)53-29(20-50-27(5)40)21-51-28(6)41/h13,24-25,29H,9-12,14-22H2,1-8H3/b23-13+. The van der Waals surface area contributed by atoms with Crippen molar-refractivity contribution in [3.63, 3.8) is 0 Å². The maximum Gasteiger partial charge on any atom is 0.342 e. The molecule has 1 heterocycles. The summed E-state index contributed by atoms with van der Waals surface area (Å²) >= 11 is 0. The number of carbonyl (C=O) groups excluding carboxylic acids is 7. The molecular weight excluding hydrogens is 708 g/mol. The number of ether oxygens (including phenoxy) is 8. The van der Waals surface area contributed by atoms with Gasteiger partial charge >= 0.3 is 41.8 Å². The predicted molar refractivity (Wildman–Crippen MR) is 191 cm³/mol. The Bertz CT molecular complexity index is 1520. The number of carbonyl (C=O) groups is 7. The average Bonchev–Trinajstić information content (AvgIpc) is 3.51. The first-order chi connectivity index (χ1) is 25.6. The van der Waals surface area contributed by atoms with Crippen LogP contribution in [0.3, 0.4) is 0 Å². The zero-order valence-corrected chi connectivity index (χ0v) is 32.6. The number of methoxy groups -OCH3 is 2. The zero-order valence-electron chi connectivity index (χ0n) is 32.6. The monoisotopic (exact) mass is 762 g/mol. The topological polar surface area (TPSA) is 193 Å². The van der Waals surface area contributed by atoms with Gasteiger partial charge in [0.25, 0.3) is 0 Å². The molecule has 0 spiro atoms. The fourth-order valence-corrected chi connectivity index (χ4v) is 5.56. The molecule has 15 nitrogen and oxygen atoms in total. The average molecular weight is 763 g/mol. The van der Waals surface area contributed by atoms with Crippen molar-refractivity contribution in [2.45, 2.75) is 112 Å². The second-order valence-corrected chi connectivity index (χ2v) is 13.3. The smallest absolute Gasteiger partial charge is 0.342 e. The fraction of sp³-hybridized carbons (Fsp3) is 0.615. The first kappa shape index (κ1) is 45.2. The van der Waals surface area contributed by atoms with E-state index in [9.17, 15) is 33.6 Å². The molecule has 0 N–H and O–H groups in total. The van der Waals surface area contributed by atoms with Crippen LogP contribution in [0, 0.1) is 18.8 Å². The van der Waals surface area contributed by atoms with Crippen LogP contribution in [-0.2, 0) is 70.2 Å². The third-order valence-electron chi connectivity index (χ3n) is 8.72. The van der Waals surface area contributed by atoms with Gasteiger partial charge in [0.15, 0.2) is 11.9 Å². The lowest BCUT2D eigenvalue weighted by molar-refractivity contribution is -0.166. The third kappa shape index (κ3) is 15.2. The first-order valence-electron chi connectivity index (χ1n) is 18.0. The number of fused-ring (bicyclic) bond motifs is 1. The summed E-state index contributed by atoms with van der Waals surface area (Å²) in [5.41, 5.74) is 2.90. The van der Waals surface area contributed by atoms with E-state index in [1.54, 1.807) is 6.92 Å². The SMILES string of the molecule is COC(=O)CC/C(C)=C/Cc1c(OC)c(C)c2c(c1OC(=O)CCCCOC(=O)C(C)CCC(C)CC(=O)OC(COC(C)=O)COC(C)=O)C(=O)OC2. The maximum atomic E-state index is 13.1. The van der Waals surface area contributed by atoms with E-state index in [-0.39, 0.29) is 75.3 Å². The number of hydrogen-bond donors (Lipinski definition) is 0. The van der Waals surface area contributed by atoms with Gasteiger partial charge in [-0.25, -0.2) is 4.79 Å². The zero-order chi connectivity index (χ0) is 40.4. The van der Waals surface area contributed by atoms with Gasteiger partial charge in [-0.15, -0.1) is 0 Å². The minimum atomic E-state index is -0.931. The molecule has 0 fully saturated rings. The summed E-state index contributed by atoms with van der Waals surface area (Å²) in [4.78, 5) is 84.7. The van der Waals surface area contributed by atoms with Gasteiger partial charge in [-0.05, 0) is 63.9 Å². The Morgan fingerprint density at radius 2 is 1.48 bits per heavy atom. The molecule has 0 amide bonds. The molecule has 1 aliphatic heterocycles. The summed E-state index contributed by atoms with van der Waals surface area (Å²) < 4.78 is 42.0. The van der Waals surface area contributed by atoms with E-state index >= 15 is 0 Å². The molecule has 0 saturated heterocycles. The first-order valence-corrected chi connectivity index (χ1v) is 18.0. The molecule has 0 bridgehead atoms. The van der Waals surface area contributed by atoms with Gasteiger partial charge in [-0.1, -0.05) is 25.5 Å². The van der Waals surface area contributed by atoms with Crippen LogP contribution in [0.25, 0.3) is 0 Å². The Hall–Kier alpha value is -4.95. The lowest BCUT2D eigenvalue weighted by Crippen LogP contribution is -2.30. The van der Waals surface area contributed by atoms with Crippen LogP contribution in [-0.4, -0.2) is 81.9 Å². The van der Waals surface area contributed by atoms with Crippen LogP contribution in [0.2, 0.25) is 0 Å². The van der Waals surface area contributed by atoms with E-state index in [2.05, 4.69) is 0 Å². The highest BCUT2D eigenvalue weighted by molar-refractivity contribution is 5.99. The van der Waals surface area contributed by atoms with E-state index in [0.29, 0.717) is 54.5 Å². The van der Waals surface area contributed by atoms with E-state index < -0.39 is 47.8 Å². The number of unbranched alkanes of at least 4 members (excludes halogenated alkanes) is 1. The van der Waals surface area contributed by atoms with Gasteiger partial charge in [0.2, 0.25) is 0 Å². The summed E-state index contributed by atoms with van der Waals surface area (Å²) in [5, 5.41) is 0. The van der Waals surface area contributed by atoms with Gasteiger partial charge < -0.3 is 37.9 Å². The van der Waals surface area contributed by atoms with E-state index in [1.165, 1.54) is 28.1 Å². The molecule has 1 aromatic carbocycles. The van der Waals surface area contributed by atoms with Crippen molar-refractivity contribution >= 4 is 41.8 Å². The van der Waals surface area contributed by atoms with E-state index in [4.69, 9.17) is 37.9 Å². The number of esters is 7. The quantitative estimate of drug-likeness (QED) is 0.0463. The number of benzene rings is 1. The van der Waals surface area contributed by atoms with Gasteiger partial charge in [0, 0.05) is 44.2 Å². The van der Waals surface area contributed by atoms with Crippen molar-refractivity contribution in [2.75, 3.05) is 34.0 Å². The van der Waals surface area contributed by atoms with Crippen molar-refractivity contribution in [3.05, 3.63) is 33.9 Å². The molecule has 0 aliphatic carbocycles. The lowest BCUT2D eigenvalue weighted by atomic mass is 9.94. The molecule has 54 heavy (non-hydrogen) atoms. The summed E-state index contributed by atoms with van der Waals surface area (Å²) in [6.45, 7) is 9.30. The minimum absolute atomic E-state index is 0.00320. The van der Waals surface area contributed by atoms with Crippen molar-refractivity contribution in [3.8, 4) is 11.5 Å². The molecule has 0 saturated carbocycles. The third-order valence-corrected chi connectivity index (χ3v) is 8.72. The van der Waals surface area contributed by atoms with Gasteiger partial charge in [-0.3, -0.25) is 28.8 Å². The molecule has 15 heteroatoms. The number of allylic oxidation sites excluding steroid dienone is 2. The molecule has 0 aromatic heterocycles. The predicted octanol–water partition coefficient (Wildman–Crippen LogP) is 5.22. The van der Waals surface area contributed by atoms with Gasteiger partial charge in [0.05, 0.1) is 26.7 Å². The van der Waals surface area contributed by atoms with Crippen LogP contribution >= 0.6 is 0 Å². The highest BCUT2D eigenvalue weighted by Crippen LogP contribution is 2.43. The summed E-state index contributed by atoms with van der Waals surface area (Å²) in [6.07, 6.45) is 3.68. The van der Waals surface area contributed by atoms with Crippen LogP contribution in [0.1, 0.15) is 113 Å². The summed E-state index contributed by atoms with van der Waals surface area (Å²) in [6, 6.07) is 0. The van der Waals surface area contributed by atoms with E-state index in [1.807, 2.05) is 26.8 Å². The van der Waals surface area contributed by atoms with Gasteiger partial charge in [0.1, 0.15) is 31.1 Å². The van der Waals surface area contributed by atoms with Crippen LogP contribution in [0.4, 0.5) is 0 Å². The maximum absolute atomic E-state index is 13.1. The van der Waals surface area contributed by atoms with Crippen molar-refractivity contribution in [1.29, 1.82) is 0 Å². The summed E-state index contributed by atoms with van der Waals surface area (Å²) in [7, 11) is 2.83. The van der Waals surface area contributed by atoms with Gasteiger partial charge in [-0.2, -0.15) is 0 Å². The molecule has 2 atom stereocenters. The highest BCUT2D eigenvalue weighted by atomic mass is 16.6. The Morgan fingerprint density at radius 1 is 0.815 bits per heavy atom. The Balaban J connectivity index is 1.87. The Kier molecular flexibility index (Phi) is 19.2. The Labute approximate surface area is 316 Å². The van der Waals surface area contributed by atoms with E-state index in [0.717, 1.165) is 5.57 Å². The second kappa shape index (κ2) is 23.0.